The summed E-state index contributed by atoms with van der Waals surface area (Å²) >= 11 is 0. The van der Waals surface area contributed by atoms with Gasteiger partial charge in [-0.3, -0.25) is 9.78 Å². The molecule has 0 spiro atoms. The van der Waals surface area contributed by atoms with Crippen LogP contribution in [0.5, 0.6) is 0 Å². The molecule has 0 radical (unpaired) electrons. The number of rotatable bonds is 7. The summed E-state index contributed by atoms with van der Waals surface area (Å²) in [5, 5.41) is 12.0. The van der Waals surface area contributed by atoms with Crippen molar-refractivity contribution in [3.63, 3.8) is 0 Å². The molecule has 1 aromatic carbocycles. The SMILES string of the molecule is CCN(CC)c1ccc(/C=C(/C#N)C(=O)NCc2cccnc2)cc1. The van der Waals surface area contributed by atoms with Crippen LogP contribution in [-0.2, 0) is 11.3 Å². The summed E-state index contributed by atoms with van der Waals surface area (Å²) in [6.45, 7) is 6.43. The van der Waals surface area contributed by atoms with Gasteiger partial charge in [0.05, 0.1) is 0 Å². The highest BCUT2D eigenvalue weighted by molar-refractivity contribution is 6.01. The van der Waals surface area contributed by atoms with Gasteiger partial charge in [0.25, 0.3) is 5.91 Å². The number of anilines is 1. The molecule has 5 nitrogen and oxygen atoms in total. The number of carbonyl (C=O) groups excluding carboxylic acids is 1. The van der Waals surface area contributed by atoms with E-state index in [0.29, 0.717) is 6.54 Å². The molecule has 1 amide bonds. The van der Waals surface area contributed by atoms with E-state index in [0.717, 1.165) is 29.9 Å². The molecule has 0 aliphatic carbocycles. The van der Waals surface area contributed by atoms with Crippen molar-refractivity contribution in [2.24, 2.45) is 0 Å². The fourth-order valence-corrected chi connectivity index (χ4v) is 2.47. The van der Waals surface area contributed by atoms with Crippen LogP contribution in [0, 0.1) is 11.3 Å². The van der Waals surface area contributed by atoms with Crippen molar-refractivity contribution in [2.75, 3.05) is 18.0 Å². The number of benzene rings is 1. The Bertz CT molecular complexity index is 757. The number of nitrogens with zero attached hydrogens (tertiary/aromatic N) is 3. The average molecular weight is 334 g/mol. The molecule has 1 heterocycles. The maximum atomic E-state index is 12.2. The molecule has 0 aliphatic heterocycles. The van der Waals surface area contributed by atoms with E-state index >= 15 is 0 Å². The fraction of sp³-hybridized carbons (Fsp3) is 0.250. The van der Waals surface area contributed by atoms with Crippen LogP contribution in [0.1, 0.15) is 25.0 Å². The van der Waals surface area contributed by atoms with Gasteiger partial charge in [0.1, 0.15) is 11.6 Å². The predicted molar refractivity (Wildman–Crippen MR) is 99.7 cm³/mol. The number of hydrogen-bond acceptors (Lipinski definition) is 4. The van der Waals surface area contributed by atoms with Gasteiger partial charge in [0, 0.05) is 37.7 Å². The van der Waals surface area contributed by atoms with Crippen LogP contribution in [0.2, 0.25) is 0 Å². The molecule has 25 heavy (non-hydrogen) atoms. The second-order valence-corrected chi connectivity index (χ2v) is 5.48. The molecule has 0 atom stereocenters. The third-order valence-corrected chi connectivity index (χ3v) is 3.87. The van der Waals surface area contributed by atoms with E-state index in [2.05, 4.69) is 29.0 Å². The van der Waals surface area contributed by atoms with Crippen molar-refractivity contribution in [3.8, 4) is 6.07 Å². The highest BCUT2D eigenvalue weighted by Gasteiger charge is 2.09. The Morgan fingerprint density at radius 1 is 1.24 bits per heavy atom. The Kier molecular flexibility index (Phi) is 6.73. The smallest absolute Gasteiger partial charge is 0.262 e. The quantitative estimate of drug-likeness (QED) is 0.624. The molecule has 0 saturated heterocycles. The lowest BCUT2D eigenvalue weighted by Gasteiger charge is -2.20. The van der Waals surface area contributed by atoms with Gasteiger partial charge in [-0.1, -0.05) is 18.2 Å². The number of aromatic nitrogens is 1. The van der Waals surface area contributed by atoms with E-state index in [4.69, 9.17) is 0 Å². The van der Waals surface area contributed by atoms with Crippen LogP contribution in [-0.4, -0.2) is 24.0 Å². The minimum atomic E-state index is -0.390. The molecule has 0 saturated carbocycles. The second-order valence-electron chi connectivity index (χ2n) is 5.48. The van der Waals surface area contributed by atoms with Crippen molar-refractivity contribution < 1.29 is 4.79 Å². The number of nitrogens with one attached hydrogen (secondary N) is 1. The maximum absolute atomic E-state index is 12.2. The fourth-order valence-electron chi connectivity index (χ4n) is 2.47. The lowest BCUT2D eigenvalue weighted by molar-refractivity contribution is -0.117. The summed E-state index contributed by atoms with van der Waals surface area (Å²) in [6, 6.07) is 13.5. The highest BCUT2D eigenvalue weighted by atomic mass is 16.1. The van der Waals surface area contributed by atoms with Crippen molar-refractivity contribution in [2.45, 2.75) is 20.4 Å². The third kappa shape index (κ3) is 5.18. The molecule has 5 heteroatoms. The molecule has 1 aromatic heterocycles. The summed E-state index contributed by atoms with van der Waals surface area (Å²) in [4.78, 5) is 18.4. The van der Waals surface area contributed by atoms with Crippen LogP contribution in [0.3, 0.4) is 0 Å². The molecule has 1 N–H and O–H groups in total. The Labute approximate surface area is 148 Å². The monoisotopic (exact) mass is 334 g/mol. The first-order valence-electron chi connectivity index (χ1n) is 8.31. The van der Waals surface area contributed by atoms with Gasteiger partial charge >= 0.3 is 0 Å². The number of nitriles is 1. The zero-order valence-electron chi connectivity index (χ0n) is 14.6. The molecule has 0 aliphatic rings. The first kappa shape index (κ1) is 18.2. The van der Waals surface area contributed by atoms with Gasteiger partial charge in [0.15, 0.2) is 0 Å². The first-order chi connectivity index (χ1) is 12.2. The molecule has 2 rings (SSSR count). The second kappa shape index (κ2) is 9.24. The van der Waals surface area contributed by atoms with Crippen molar-refractivity contribution >= 4 is 17.7 Å². The van der Waals surface area contributed by atoms with Gasteiger partial charge in [-0.25, -0.2) is 0 Å². The molecule has 128 valence electrons. The average Bonchev–Trinajstić information content (AvgIpc) is 2.67. The maximum Gasteiger partial charge on any atom is 0.262 e. The van der Waals surface area contributed by atoms with Crippen LogP contribution >= 0.6 is 0 Å². The molecule has 0 unspecified atom stereocenters. The number of carbonyl (C=O) groups is 1. The topological polar surface area (TPSA) is 69.0 Å². The van der Waals surface area contributed by atoms with Gasteiger partial charge in [-0.15, -0.1) is 0 Å². The van der Waals surface area contributed by atoms with Crippen LogP contribution in [0.25, 0.3) is 6.08 Å². The van der Waals surface area contributed by atoms with E-state index in [9.17, 15) is 10.1 Å². The Morgan fingerprint density at radius 3 is 2.52 bits per heavy atom. The van der Waals surface area contributed by atoms with Crippen LogP contribution < -0.4 is 10.2 Å². The van der Waals surface area contributed by atoms with Gasteiger partial charge in [-0.2, -0.15) is 5.26 Å². The highest BCUT2D eigenvalue weighted by Crippen LogP contribution is 2.16. The molecular weight excluding hydrogens is 312 g/mol. The van der Waals surface area contributed by atoms with Crippen molar-refractivity contribution in [1.29, 1.82) is 5.26 Å². The molecular formula is C20H22N4O. The Morgan fingerprint density at radius 2 is 1.96 bits per heavy atom. The summed E-state index contributed by atoms with van der Waals surface area (Å²) in [5.41, 5.74) is 2.92. The summed E-state index contributed by atoms with van der Waals surface area (Å²) < 4.78 is 0. The van der Waals surface area contributed by atoms with Gasteiger partial charge in [-0.05, 0) is 49.2 Å². The third-order valence-electron chi connectivity index (χ3n) is 3.87. The zero-order valence-corrected chi connectivity index (χ0v) is 14.6. The zero-order chi connectivity index (χ0) is 18.1. The van der Waals surface area contributed by atoms with E-state index in [1.807, 2.05) is 36.4 Å². The van der Waals surface area contributed by atoms with Crippen LogP contribution in [0.15, 0.2) is 54.4 Å². The van der Waals surface area contributed by atoms with Crippen molar-refractivity contribution in [3.05, 3.63) is 65.5 Å². The largest absolute Gasteiger partial charge is 0.372 e. The Hall–Kier alpha value is -3.13. The lowest BCUT2D eigenvalue weighted by Crippen LogP contribution is -2.24. The summed E-state index contributed by atoms with van der Waals surface area (Å²) in [6.07, 6.45) is 4.96. The number of pyridine rings is 1. The standard InChI is InChI=1S/C20H22N4O/c1-3-24(4-2)19-9-7-16(8-10-19)12-18(13-21)20(25)23-15-17-6-5-11-22-14-17/h5-12,14H,3-4,15H2,1-2H3,(H,23,25)/b18-12-. The number of hydrogen-bond donors (Lipinski definition) is 1. The number of amides is 1. The summed E-state index contributed by atoms with van der Waals surface area (Å²) in [7, 11) is 0. The normalized spacial score (nSPS) is 10.8. The molecule has 2 aromatic rings. The lowest BCUT2D eigenvalue weighted by atomic mass is 10.1. The molecule has 0 fully saturated rings. The minimum Gasteiger partial charge on any atom is -0.372 e. The summed E-state index contributed by atoms with van der Waals surface area (Å²) in [5.74, 6) is -0.390. The molecule has 0 bridgehead atoms. The van der Waals surface area contributed by atoms with Gasteiger partial charge in [0.2, 0.25) is 0 Å². The van der Waals surface area contributed by atoms with Crippen molar-refractivity contribution in [1.82, 2.24) is 10.3 Å². The Balaban J connectivity index is 2.06. The van der Waals surface area contributed by atoms with E-state index in [1.165, 1.54) is 0 Å². The van der Waals surface area contributed by atoms with E-state index in [-0.39, 0.29) is 11.5 Å². The first-order valence-corrected chi connectivity index (χ1v) is 8.31. The van der Waals surface area contributed by atoms with E-state index < -0.39 is 0 Å². The van der Waals surface area contributed by atoms with Crippen LogP contribution in [0.4, 0.5) is 5.69 Å². The van der Waals surface area contributed by atoms with E-state index in [1.54, 1.807) is 24.5 Å². The minimum absolute atomic E-state index is 0.0829. The van der Waals surface area contributed by atoms with Gasteiger partial charge < -0.3 is 10.2 Å². The predicted octanol–water partition coefficient (Wildman–Crippen LogP) is 3.15.